The number of nitrogens with one attached hydrogen (secondary N) is 1. The molecule has 0 aromatic heterocycles. The summed E-state index contributed by atoms with van der Waals surface area (Å²) in [6, 6.07) is 19.4. The normalized spacial score (nSPS) is 19.8. The molecule has 2 heterocycles. The van der Waals surface area contributed by atoms with Crippen LogP contribution in [0.5, 0.6) is 11.5 Å². The van der Waals surface area contributed by atoms with E-state index in [-0.39, 0.29) is 42.5 Å². The van der Waals surface area contributed by atoms with Crippen molar-refractivity contribution in [2.75, 3.05) is 25.1 Å². The Labute approximate surface area is 260 Å². The Morgan fingerprint density at radius 2 is 1.81 bits per heavy atom. The third kappa shape index (κ3) is 6.53. The molecule has 1 saturated heterocycles. The lowest BCUT2D eigenvalue weighted by molar-refractivity contribution is -0.134. The van der Waals surface area contributed by atoms with Gasteiger partial charge in [0.15, 0.2) is 11.5 Å². The number of ether oxygens (including phenoxy) is 2. The van der Waals surface area contributed by atoms with Gasteiger partial charge in [-0.1, -0.05) is 42.8 Å². The number of piperidine rings is 1. The molecule has 8 heteroatoms. The van der Waals surface area contributed by atoms with E-state index in [1.807, 2.05) is 77.4 Å². The van der Waals surface area contributed by atoms with Crippen LogP contribution >= 0.6 is 11.6 Å². The van der Waals surface area contributed by atoms with Gasteiger partial charge in [-0.25, -0.2) is 0 Å². The molecule has 0 bridgehead atoms. The van der Waals surface area contributed by atoms with Crippen LogP contribution in [0.15, 0.2) is 60.7 Å². The number of anilines is 1. The highest BCUT2D eigenvalue weighted by molar-refractivity contribution is 6.30. The largest absolute Gasteiger partial charge is 0.493 e. The third-order valence-electron chi connectivity index (χ3n) is 8.78. The molecule has 228 valence electrons. The number of nitrogens with zero attached hydrogens (tertiary/aromatic N) is 2. The van der Waals surface area contributed by atoms with Crippen LogP contribution in [0.25, 0.3) is 0 Å². The molecule has 3 aromatic rings. The summed E-state index contributed by atoms with van der Waals surface area (Å²) in [5.41, 5.74) is 4.68. The van der Waals surface area contributed by atoms with Gasteiger partial charge in [0.05, 0.1) is 31.7 Å². The highest BCUT2D eigenvalue weighted by Crippen LogP contribution is 2.44. The van der Waals surface area contributed by atoms with E-state index in [1.165, 1.54) is 0 Å². The second kappa shape index (κ2) is 13.4. The molecule has 2 aliphatic heterocycles. The quantitative estimate of drug-likeness (QED) is 0.289. The van der Waals surface area contributed by atoms with Crippen molar-refractivity contribution >= 4 is 29.1 Å². The maximum absolute atomic E-state index is 13.9. The molecule has 1 unspecified atom stereocenters. The summed E-state index contributed by atoms with van der Waals surface area (Å²) in [4.78, 5) is 30.5. The first-order valence-electron chi connectivity index (χ1n) is 15.3. The zero-order valence-electron chi connectivity index (χ0n) is 25.7. The zero-order valence-corrected chi connectivity index (χ0v) is 26.5. The van der Waals surface area contributed by atoms with E-state index in [9.17, 15) is 9.59 Å². The smallest absolute Gasteiger partial charge is 0.232 e. The highest BCUT2D eigenvalue weighted by Gasteiger charge is 2.36. The van der Waals surface area contributed by atoms with Crippen LogP contribution in [0.3, 0.4) is 0 Å². The lowest BCUT2D eigenvalue weighted by atomic mass is 9.86. The fraction of sp³-hybridized carbons (Fsp3) is 0.429. The first-order chi connectivity index (χ1) is 20.7. The molecule has 0 spiro atoms. The summed E-state index contributed by atoms with van der Waals surface area (Å²) in [6.07, 6.45) is 3.16. The van der Waals surface area contributed by atoms with E-state index in [0.717, 1.165) is 60.3 Å². The monoisotopic (exact) mass is 603 g/mol. The molecule has 3 aromatic carbocycles. The van der Waals surface area contributed by atoms with Crippen LogP contribution in [-0.2, 0) is 16.0 Å². The molecular weight excluding hydrogens is 562 g/mol. The minimum absolute atomic E-state index is 0.00969. The van der Waals surface area contributed by atoms with Crippen molar-refractivity contribution < 1.29 is 19.1 Å². The summed E-state index contributed by atoms with van der Waals surface area (Å²) >= 11 is 6.27. The number of carbonyl (C=O) groups is 2. The Balaban J connectivity index is 1.54. The average molecular weight is 604 g/mol. The van der Waals surface area contributed by atoms with E-state index >= 15 is 0 Å². The second-order valence-corrected chi connectivity index (χ2v) is 12.1. The lowest BCUT2D eigenvalue weighted by Gasteiger charge is -2.39. The van der Waals surface area contributed by atoms with Gasteiger partial charge in [-0.2, -0.15) is 0 Å². The molecule has 7 nitrogen and oxygen atoms in total. The summed E-state index contributed by atoms with van der Waals surface area (Å²) < 4.78 is 11.9. The molecular formula is C35H42ClN3O4. The predicted octanol–water partition coefficient (Wildman–Crippen LogP) is 6.87. The molecule has 1 N–H and O–H groups in total. The Kier molecular flexibility index (Phi) is 9.62. The number of hydrogen-bond acceptors (Lipinski definition) is 5. The number of amides is 2. The van der Waals surface area contributed by atoms with Gasteiger partial charge in [-0.15, -0.1) is 0 Å². The number of halogens is 1. The van der Waals surface area contributed by atoms with E-state index in [2.05, 4.69) is 19.2 Å². The third-order valence-corrected chi connectivity index (χ3v) is 9.03. The van der Waals surface area contributed by atoms with Gasteiger partial charge in [0.1, 0.15) is 0 Å². The molecule has 1 fully saturated rings. The van der Waals surface area contributed by atoms with Crippen molar-refractivity contribution in [3.63, 3.8) is 0 Å². The molecule has 4 atom stereocenters. The lowest BCUT2D eigenvalue weighted by Crippen LogP contribution is -2.49. The number of carbonyl (C=O) groups excluding carboxylic acids is 2. The van der Waals surface area contributed by atoms with Gasteiger partial charge in [-0.05, 0) is 98.3 Å². The fourth-order valence-electron chi connectivity index (χ4n) is 6.37. The van der Waals surface area contributed by atoms with Gasteiger partial charge < -0.3 is 24.6 Å². The van der Waals surface area contributed by atoms with Crippen molar-refractivity contribution in [2.45, 2.75) is 77.6 Å². The zero-order chi connectivity index (χ0) is 30.7. The van der Waals surface area contributed by atoms with E-state index in [0.29, 0.717) is 16.5 Å². The summed E-state index contributed by atoms with van der Waals surface area (Å²) in [6.45, 7) is 9.64. The summed E-state index contributed by atoms with van der Waals surface area (Å²) in [5.74, 6) is 1.34. The minimum atomic E-state index is -0.385. The minimum Gasteiger partial charge on any atom is -0.493 e. The van der Waals surface area contributed by atoms with Gasteiger partial charge >= 0.3 is 0 Å². The second-order valence-electron chi connectivity index (χ2n) is 11.6. The van der Waals surface area contributed by atoms with Gasteiger partial charge in [-0.3, -0.25) is 9.59 Å². The number of hydrogen-bond donors (Lipinski definition) is 1. The number of benzene rings is 3. The van der Waals surface area contributed by atoms with Crippen LogP contribution in [0.1, 0.15) is 81.3 Å². The van der Waals surface area contributed by atoms with Crippen LogP contribution < -0.4 is 19.7 Å². The fourth-order valence-corrected chi connectivity index (χ4v) is 6.49. The van der Waals surface area contributed by atoms with Crippen molar-refractivity contribution in [2.24, 2.45) is 0 Å². The first-order valence-corrected chi connectivity index (χ1v) is 15.6. The van der Waals surface area contributed by atoms with Crippen molar-refractivity contribution in [1.29, 1.82) is 0 Å². The Hall–Kier alpha value is -3.55. The molecule has 2 amide bonds. The summed E-state index contributed by atoms with van der Waals surface area (Å²) in [5, 5.41) is 4.06. The van der Waals surface area contributed by atoms with E-state index in [4.69, 9.17) is 21.1 Å². The van der Waals surface area contributed by atoms with Crippen LogP contribution in [0.4, 0.5) is 5.69 Å². The first kappa shape index (κ1) is 30.9. The Bertz CT molecular complexity index is 1440. The van der Waals surface area contributed by atoms with Gasteiger partial charge in [0.2, 0.25) is 11.8 Å². The average Bonchev–Trinajstić information content (AvgIpc) is 3.01. The van der Waals surface area contributed by atoms with Crippen LogP contribution in [0, 0.1) is 0 Å². The number of methoxy groups -OCH3 is 1. The van der Waals surface area contributed by atoms with Gasteiger partial charge in [0, 0.05) is 30.2 Å². The molecule has 5 rings (SSSR count). The predicted molar refractivity (Wildman–Crippen MR) is 171 cm³/mol. The highest BCUT2D eigenvalue weighted by atomic mass is 35.5. The Morgan fingerprint density at radius 1 is 1.09 bits per heavy atom. The standard InChI is InChI=1S/C35H42ClN3O4/c1-6-22(2)43-33-20-31-27(18-32(33)42-5)19-34(41)39(35(31)26-9-13-28(36)14-10-26)29-15-11-25(12-16-29)23(3)38(24(4)40)30-8-7-17-37-21-30/h9-16,18,20,22-23,30,35,37H,6-8,17,19,21H2,1-5H3/t22-,23+,30-,35?/m1/s1. The molecule has 0 radical (unpaired) electrons. The maximum Gasteiger partial charge on any atom is 0.232 e. The van der Waals surface area contributed by atoms with Crippen LogP contribution in [-0.4, -0.2) is 49.1 Å². The Morgan fingerprint density at radius 3 is 2.42 bits per heavy atom. The summed E-state index contributed by atoms with van der Waals surface area (Å²) in [7, 11) is 1.62. The number of rotatable bonds is 9. The molecule has 2 aliphatic rings. The van der Waals surface area contributed by atoms with Crippen LogP contribution in [0.2, 0.25) is 5.02 Å². The number of fused-ring (bicyclic) bond motifs is 1. The molecule has 0 saturated carbocycles. The van der Waals surface area contributed by atoms with Crippen molar-refractivity contribution in [1.82, 2.24) is 10.2 Å². The van der Waals surface area contributed by atoms with Gasteiger partial charge in [0.25, 0.3) is 0 Å². The topological polar surface area (TPSA) is 71.1 Å². The molecule has 43 heavy (non-hydrogen) atoms. The molecule has 0 aliphatic carbocycles. The van der Waals surface area contributed by atoms with Crippen molar-refractivity contribution in [3.8, 4) is 11.5 Å². The SMILES string of the molecule is CC[C@@H](C)Oc1cc2c(cc1OC)CC(=O)N(c1ccc([C@H](C)N(C(C)=O)[C@@H]3CCCNC3)cc1)C2c1ccc(Cl)cc1. The van der Waals surface area contributed by atoms with E-state index in [1.54, 1.807) is 14.0 Å². The van der Waals surface area contributed by atoms with Crippen molar-refractivity contribution in [3.05, 3.63) is 87.9 Å². The van der Waals surface area contributed by atoms with E-state index < -0.39 is 0 Å². The maximum atomic E-state index is 13.9.